The Morgan fingerprint density at radius 1 is 1.48 bits per heavy atom. The predicted molar refractivity (Wildman–Crippen MR) is 90.9 cm³/mol. The Morgan fingerprint density at radius 3 is 2.86 bits per heavy atom. The molecule has 0 saturated heterocycles. The van der Waals surface area contributed by atoms with E-state index in [4.69, 9.17) is 10.5 Å². The quantitative estimate of drug-likeness (QED) is 0.642. The third-order valence-corrected chi connectivity index (χ3v) is 4.69. The lowest BCUT2D eigenvalue weighted by atomic mass is 10.1. The van der Waals surface area contributed by atoms with Crippen LogP contribution < -0.4 is 10.6 Å². The summed E-state index contributed by atoms with van der Waals surface area (Å²) < 4.78 is 6.10. The van der Waals surface area contributed by atoms with Crippen LogP contribution in [-0.4, -0.2) is 19.6 Å². The van der Waals surface area contributed by atoms with E-state index in [9.17, 15) is 4.79 Å². The molecule has 0 fully saturated rings. The Bertz CT molecular complexity index is 642. The molecule has 1 aromatic carbocycles. The number of benzene rings is 1. The van der Waals surface area contributed by atoms with Crippen molar-refractivity contribution in [1.82, 2.24) is 0 Å². The first-order valence-electron chi connectivity index (χ1n) is 6.52. The van der Waals surface area contributed by atoms with Gasteiger partial charge in [-0.3, -0.25) is 0 Å². The summed E-state index contributed by atoms with van der Waals surface area (Å²) in [6.07, 6.45) is 0. The molecule has 0 atom stereocenters. The summed E-state index contributed by atoms with van der Waals surface area (Å²) in [5, 5.41) is 2.04. The third kappa shape index (κ3) is 3.77. The van der Waals surface area contributed by atoms with E-state index in [1.165, 1.54) is 4.88 Å². The number of nitrogens with zero attached hydrogens (tertiary/aromatic N) is 1. The zero-order valence-electron chi connectivity index (χ0n) is 11.9. The highest BCUT2D eigenvalue weighted by Gasteiger charge is 2.16. The molecule has 0 amide bonds. The minimum atomic E-state index is -0.385. The van der Waals surface area contributed by atoms with Crippen LogP contribution in [0.4, 0.5) is 11.4 Å². The maximum atomic E-state index is 11.9. The zero-order valence-corrected chi connectivity index (χ0v) is 14.3. The monoisotopic (exact) mass is 368 g/mol. The molecule has 0 radical (unpaired) electrons. The van der Waals surface area contributed by atoms with Crippen LogP contribution in [0.25, 0.3) is 0 Å². The lowest BCUT2D eigenvalue weighted by molar-refractivity contribution is 0.0527. The van der Waals surface area contributed by atoms with Crippen molar-refractivity contribution in [2.24, 2.45) is 0 Å². The average Bonchev–Trinajstić information content (AvgIpc) is 2.84. The minimum Gasteiger partial charge on any atom is -0.462 e. The first kappa shape index (κ1) is 15.9. The Morgan fingerprint density at radius 2 is 2.24 bits per heavy atom. The van der Waals surface area contributed by atoms with Gasteiger partial charge in [-0.15, -0.1) is 11.3 Å². The van der Waals surface area contributed by atoms with Crippen molar-refractivity contribution in [1.29, 1.82) is 0 Å². The molecule has 0 bridgehead atoms. The molecule has 0 aliphatic rings. The number of hydrogen-bond donors (Lipinski definition) is 1. The molecule has 0 unspecified atom stereocenters. The molecule has 0 saturated carbocycles. The maximum Gasteiger partial charge on any atom is 0.340 e. The normalized spacial score (nSPS) is 10.4. The molecule has 0 aliphatic carbocycles. The van der Waals surface area contributed by atoms with Crippen molar-refractivity contribution in [3.05, 3.63) is 44.6 Å². The van der Waals surface area contributed by atoms with E-state index in [1.54, 1.807) is 24.3 Å². The van der Waals surface area contributed by atoms with Gasteiger partial charge in [-0.1, -0.05) is 6.07 Å². The van der Waals surface area contributed by atoms with E-state index >= 15 is 0 Å². The van der Waals surface area contributed by atoms with Gasteiger partial charge in [-0.2, -0.15) is 0 Å². The third-order valence-electron chi connectivity index (χ3n) is 3.00. The van der Waals surface area contributed by atoms with Crippen LogP contribution in [0.15, 0.2) is 34.1 Å². The molecule has 4 nitrogen and oxygen atoms in total. The fourth-order valence-corrected chi connectivity index (χ4v) is 3.53. The van der Waals surface area contributed by atoms with Crippen LogP contribution in [-0.2, 0) is 11.3 Å². The second-order valence-electron chi connectivity index (χ2n) is 4.55. The predicted octanol–water partition coefficient (Wildman–Crippen LogP) is 3.91. The molecular weight excluding hydrogens is 352 g/mol. The number of anilines is 2. The smallest absolute Gasteiger partial charge is 0.340 e. The number of carbonyl (C=O) groups excluding carboxylic acids is 1. The zero-order chi connectivity index (χ0) is 15.4. The highest BCUT2D eigenvalue weighted by atomic mass is 79.9. The fraction of sp³-hybridized carbons (Fsp3) is 0.267. The first-order valence-corrected chi connectivity index (χ1v) is 8.19. The minimum absolute atomic E-state index is 0.335. The van der Waals surface area contributed by atoms with Crippen molar-refractivity contribution in [3.63, 3.8) is 0 Å². The summed E-state index contributed by atoms with van der Waals surface area (Å²) in [6, 6.07) is 7.48. The highest BCUT2D eigenvalue weighted by Crippen LogP contribution is 2.29. The van der Waals surface area contributed by atoms with E-state index in [0.717, 1.165) is 16.7 Å². The Hall–Kier alpha value is -1.53. The second-order valence-corrected chi connectivity index (χ2v) is 6.46. The van der Waals surface area contributed by atoms with Gasteiger partial charge in [0.2, 0.25) is 0 Å². The molecule has 1 heterocycles. The number of rotatable bonds is 5. The first-order chi connectivity index (χ1) is 10.0. The number of nitrogen functional groups attached to an aromatic ring is 1. The van der Waals surface area contributed by atoms with Gasteiger partial charge < -0.3 is 15.4 Å². The van der Waals surface area contributed by atoms with E-state index in [1.807, 2.05) is 29.5 Å². The summed E-state index contributed by atoms with van der Waals surface area (Å²) in [5.41, 5.74) is 7.81. The lowest BCUT2D eigenvalue weighted by Crippen LogP contribution is -2.19. The van der Waals surface area contributed by atoms with E-state index < -0.39 is 0 Å². The molecule has 2 N–H and O–H groups in total. The van der Waals surface area contributed by atoms with Crippen LogP contribution >= 0.6 is 27.3 Å². The Kier molecular flexibility index (Phi) is 5.25. The summed E-state index contributed by atoms with van der Waals surface area (Å²) in [4.78, 5) is 15.1. The van der Waals surface area contributed by atoms with Gasteiger partial charge in [-0.05, 0) is 41.1 Å². The van der Waals surface area contributed by atoms with Crippen molar-refractivity contribution in [3.8, 4) is 0 Å². The molecule has 2 rings (SSSR count). The summed E-state index contributed by atoms with van der Waals surface area (Å²) in [6.45, 7) is 2.84. The number of esters is 1. The van der Waals surface area contributed by atoms with E-state index in [-0.39, 0.29) is 5.97 Å². The number of thiophene rings is 1. The van der Waals surface area contributed by atoms with Gasteiger partial charge in [-0.25, -0.2) is 4.79 Å². The lowest BCUT2D eigenvalue weighted by Gasteiger charge is -2.21. The number of ether oxygens (including phenoxy) is 1. The fourth-order valence-electron chi connectivity index (χ4n) is 2.03. The molecule has 21 heavy (non-hydrogen) atoms. The second kappa shape index (κ2) is 6.95. The Balaban J connectivity index is 2.23. The van der Waals surface area contributed by atoms with Crippen molar-refractivity contribution in [2.45, 2.75) is 13.5 Å². The number of halogens is 1. The van der Waals surface area contributed by atoms with Gasteiger partial charge in [0.05, 0.1) is 30.1 Å². The molecule has 6 heteroatoms. The molecule has 112 valence electrons. The van der Waals surface area contributed by atoms with Gasteiger partial charge in [0.15, 0.2) is 0 Å². The SMILES string of the molecule is CCOC(=O)c1cccc(N(C)Cc2cc(Br)cs2)c1N. The van der Waals surface area contributed by atoms with Crippen LogP contribution in [0.5, 0.6) is 0 Å². The highest BCUT2D eigenvalue weighted by molar-refractivity contribution is 9.10. The summed E-state index contributed by atoms with van der Waals surface area (Å²) in [5.74, 6) is -0.385. The maximum absolute atomic E-state index is 11.9. The van der Waals surface area contributed by atoms with Gasteiger partial charge in [0.1, 0.15) is 0 Å². The summed E-state index contributed by atoms with van der Waals surface area (Å²) >= 11 is 5.12. The van der Waals surface area contributed by atoms with Crippen molar-refractivity contribution in [2.75, 3.05) is 24.3 Å². The van der Waals surface area contributed by atoms with E-state index in [2.05, 4.69) is 22.0 Å². The molecule has 0 spiro atoms. The van der Waals surface area contributed by atoms with Crippen LogP contribution in [0.2, 0.25) is 0 Å². The number of hydrogen-bond acceptors (Lipinski definition) is 5. The number of carbonyl (C=O) groups is 1. The standard InChI is InChI=1S/C15H17BrN2O2S/c1-3-20-15(19)12-5-4-6-13(14(12)17)18(2)8-11-7-10(16)9-21-11/h4-7,9H,3,8,17H2,1-2H3. The van der Waals surface area contributed by atoms with Crippen molar-refractivity contribution < 1.29 is 9.53 Å². The Labute approximate surface area is 136 Å². The largest absolute Gasteiger partial charge is 0.462 e. The molecule has 0 aliphatic heterocycles. The van der Waals surface area contributed by atoms with Gasteiger partial charge >= 0.3 is 5.97 Å². The van der Waals surface area contributed by atoms with Crippen LogP contribution in [0.1, 0.15) is 22.2 Å². The van der Waals surface area contributed by atoms with Gasteiger partial charge in [0, 0.05) is 21.8 Å². The molecule has 2 aromatic rings. The van der Waals surface area contributed by atoms with Crippen molar-refractivity contribution >= 4 is 44.6 Å². The topological polar surface area (TPSA) is 55.6 Å². The average molecular weight is 369 g/mol. The summed E-state index contributed by atoms with van der Waals surface area (Å²) in [7, 11) is 1.95. The molecular formula is C15H17BrN2O2S. The number of para-hydroxylation sites is 1. The van der Waals surface area contributed by atoms with E-state index in [0.29, 0.717) is 17.9 Å². The van der Waals surface area contributed by atoms with Gasteiger partial charge in [0.25, 0.3) is 0 Å². The number of nitrogens with two attached hydrogens (primary N) is 1. The van der Waals surface area contributed by atoms with Crippen LogP contribution in [0.3, 0.4) is 0 Å². The molecule has 1 aromatic heterocycles. The van der Waals surface area contributed by atoms with Crippen LogP contribution in [0, 0.1) is 0 Å².